The molecule has 0 amide bonds. The predicted octanol–water partition coefficient (Wildman–Crippen LogP) is 6.14. The van der Waals surface area contributed by atoms with E-state index in [2.05, 4.69) is 19.1 Å². The monoisotopic (exact) mass is 318 g/mol. The minimum Gasteiger partial charge on any atom is -0.144 e. The molecule has 0 aliphatic carbocycles. The molecule has 0 saturated heterocycles. The van der Waals surface area contributed by atoms with Crippen molar-refractivity contribution < 1.29 is 0 Å². The fraction of sp³-hybridized carbons (Fsp3) is 0.286. The molecule has 0 aliphatic heterocycles. The van der Waals surface area contributed by atoms with Crippen LogP contribution in [0.5, 0.6) is 0 Å². The molecule has 1 atom stereocenters. The molecule has 0 spiro atoms. The van der Waals surface area contributed by atoms with Gasteiger partial charge in [0.2, 0.25) is 0 Å². The number of aryl methyl sites for hydroxylation is 1. The number of benzene rings is 1. The van der Waals surface area contributed by atoms with E-state index in [1.54, 1.807) is 11.3 Å². The zero-order valence-electron chi connectivity index (χ0n) is 9.92. The fourth-order valence-electron chi connectivity index (χ4n) is 1.73. The van der Waals surface area contributed by atoms with Crippen molar-refractivity contribution in [3.05, 3.63) is 55.7 Å². The van der Waals surface area contributed by atoms with Gasteiger partial charge in [0.1, 0.15) is 0 Å². The van der Waals surface area contributed by atoms with Crippen LogP contribution in [0.15, 0.2) is 30.3 Å². The first-order chi connectivity index (χ1) is 8.60. The summed E-state index contributed by atoms with van der Waals surface area (Å²) in [4.78, 5) is 2.57. The SMILES string of the molecule is CCc1ccc(C(Cl)Cc2ccc(Cl)c(Cl)c2)s1. The lowest BCUT2D eigenvalue weighted by Crippen LogP contribution is -1.93. The molecule has 0 N–H and O–H groups in total. The Labute approximate surface area is 126 Å². The Bertz CT molecular complexity index is 534. The normalized spacial score (nSPS) is 12.7. The molecule has 1 unspecified atom stereocenters. The maximum absolute atomic E-state index is 6.44. The summed E-state index contributed by atoms with van der Waals surface area (Å²) >= 11 is 20.1. The Balaban J connectivity index is 2.10. The van der Waals surface area contributed by atoms with Crippen molar-refractivity contribution in [2.24, 2.45) is 0 Å². The highest BCUT2D eigenvalue weighted by Crippen LogP contribution is 2.32. The first-order valence-electron chi connectivity index (χ1n) is 5.76. The van der Waals surface area contributed by atoms with Crippen LogP contribution in [0.4, 0.5) is 0 Å². The zero-order valence-corrected chi connectivity index (χ0v) is 13.0. The summed E-state index contributed by atoms with van der Waals surface area (Å²) in [5.41, 5.74) is 1.11. The third kappa shape index (κ3) is 3.42. The van der Waals surface area contributed by atoms with E-state index in [1.807, 2.05) is 18.2 Å². The molecule has 96 valence electrons. The van der Waals surface area contributed by atoms with E-state index in [1.165, 1.54) is 9.75 Å². The van der Waals surface area contributed by atoms with Crippen molar-refractivity contribution in [3.63, 3.8) is 0 Å². The van der Waals surface area contributed by atoms with Crippen molar-refractivity contribution in [2.75, 3.05) is 0 Å². The number of hydrogen-bond acceptors (Lipinski definition) is 1. The smallest absolute Gasteiger partial charge is 0.0718 e. The van der Waals surface area contributed by atoms with Gasteiger partial charge in [-0.1, -0.05) is 36.2 Å². The molecule has 0 aliphatic rings. The van der Waals surface area contributed by atoms with Crippen molar-refractivity contribution in [3.8, 4) is 0 Å². The first-order valence-corrected chi connectivity index (χ1v) is 7.77. The lowest BCUT2D eigenvalue weighted by atomic mass is 10.1. The molecular weight excluding hydrogens is 307 g/mol. The van der Waals surface area contributed by atoms with Gasteiger partial charge in [-0.25, -0.2) is 0 Å². The summed E-state index contributed by atoms with van der Waals surface area (Å²) in [6.07, 6.45) is 1.82. The molecule has 2 rings (SSSR count). The molecule has 1 aromatic carbocycles. The summed E-state index contributed by atoms with van der Waals surface area (Å²) in [7, 11) is 0. The van der Waals surface area contributed by atoms with E-state index in [4.69, 9.17) is 34.8 Å². The number of hydrogen-bond donors (Lipinski definition) is 0. The molecule has 2 aromatic rings. The van der Waals surface area contributed by atoms with Gasteiger partial charge in [-0.3, -0.25) is 0 Å². The van der Waals surface area contributed by atoms with Crippen molar-refractivity contribution in [1.82, 2.24) is 0 Å². The maximum Gasteiger partial charge on any atom is 0.0718 e. The number of halogens is 3. The van der Waals surface area contributed by atoms with Gasteiger partial charge in [-0.05, 0) is 42.7 Å². The van der Waals surface area contributed by atoms with Gasteiger partial charge in [-0.2, -0.15) is 0 Å². The van der Waals surface area contributed by atoms with Gasteiger partial charge in [0.15, 0.2) is 0 Å². The topological polar surface area (TPSA) is 0 Å². The molecule has 0 nitrogen and oxygen atoms in total. The molecule has 4 heteroatoms. The third-order valence-corrected chi connectivity index (χ3v) is 5.34. The van der Waals surface area contributed by atoms with Crippen LogP contribution in [0.1, 0.15) is 27.6 Å². The summed E-state index contributed by atoms with van der Waals surface area (Å²) in [5.74, 6) is 0. The number of alkyl halides is 1. The highest BCUT2D eigenvalue weighted by molar-refractivity contribution is 7.12. The summed E-state index contributed by atoms with van der Waals surface area (Å²) in [6, 6.07) is 9.92. The first kappa shape index (κ1) is 14.2. The Kier molecular flexibility index (Phi) is 4.97. The minimum atomic E-state index is -0.00691. The van der Waals surface area contributed by atoms with Gasteiger partial charge in [0.25, 0.3) is 0 Å². The van der Waals surface area contributed by atoms with Crippen LogP contribution in [0.3, 0.4) is 0 Å². The quantitative estimate of drug-likeness (QED) is 0.594. The Morgan fingerprint density at radius 2 is 1.89 bits per heavy atom. The van der Waals surface area contributed by atoms with Gasteiger partial charge in [-0.15, -0.1) is 22.9 Å². The lowest BCUT2D eigenvalue weighted by Gasteiger charge is -2.08. The largest absolute Gasteiger partial charge is 0.144 e. The summed E-state index contributed by atoms with van der Waals surface area (Å²) in [5, 5.41) is 1.15. The number of rotatable bonds is 4. The Morgan fingerprint density at radius 3 is 2.50 bits per heavy atom. The Hall–Kier alpha value is -0.210. The number of thiophene rings is 1. The van der Waals surface area contributed by atoms with Crippen LogP contribution in [-0.2, 0) is 12.8 Å². The van der Waals surface area contributed by atoms with E-state index < -0.39 is 0 Å². The zero-order chi connectivity index (χ0) is 13.1. The van der Waals surface area contributed by atoms with Gasteiger partial charge in [0.05, 0.1) is 15.4 Å². The second kappa shape index (κ2) is 6.29. The van der Waals surface area contributed by atoms with E-state index in [9.17, 15) is 0 Å². The highest BCUT2D eigenvalue weighted by atomic mass is 35.5. The molecule has 18 heavy (non-hydrogen) atoms. The molecule has 0 fully saturated rings. The average Bonchev–Trinajstić information content (AvgIpc) is 2.82. The average molecular weight is 320 g/mol. The maximum atomic E-state index is 6.44. The fourth-order valence-corrected chi connectivity index (χ4v) is 3.36. The van der Waals surface area contributed by atoms with Gasteiger partial charge in [0, 0.05) is 9.75 Å². The second-order valence-corrected chi connectivity index (χ2v) is 6.62. The van der Waals surface area contributed by atoms with E-state index >= 15 is 0 Å². The predicted molar refractivity (Wildman–Crippen MR) is 82.5 cm³/mol. The van der Waals surface area contributed by atoms with Crippen molar-refractivity contribution >= 4 is 46.1 Å². The summed E-state index contributed by atoms with van der Waals surface area (Å²) in [6.45, 7) is 2.15. The molecule has 0 radical (unpaired) electrons. The summed E-state index contributed by atoms with van der Waals surface area (Å²) < 4.78 is 0. The minimum absolute atomic E-state index is 0.00691. The van der Waals surface area contributed by atoms with Crippen LogP contribution in [0, 0.1) is 0 Å². The van der Waals surface area contributed by atoms with Gasteiger partial charge >= 0.3 is 0 Å². The van der Waals surface area contributed by atoms with Crippen LogP contribution in [0.2, 0.25) is 10.0 Å². The van der Waals surface area contributed by atoms with E-state index in [0.717, 1.165) is 18.4 Å². The standard InChI is InChI=1S/C14H13Cl3S/c1-2-10-4-6-14(18-10)13(17)8-9-3-5-11(15)12(16)7-9/h3-7,13H,2,8H2,1H3. The van der Waals surface area contributed by atoms with Crippen molar-refractivity contribution in [2.45, 2.75) is 25.1 Å². The molecular formula is C14H13Cl3S. The van der Waals surface area contributed by atoms with E-state index in [-0.39, 0.29) is 5.38 Å². The highest BCUT2D eigenvalue weighted by Gasteiger charge is 2.12. The lowest BCUT2D eigenvalue weighted by molar-refractivity contribution is 0.940. The van der Waals surface area contributed by atoms with Crippen LogP contribution in [-0.4, -0.2) is 0 Å². The molecule has 0 saturated carbocycles. The van der Waals surface area contributed by atoms with Crippen LogP contribution >= 0.6 is 46.1 Å². The van der Waals surface area contributed by atoms with Crippen LogP contribution < -0.4 is 0 Å². The van der Waals surface area contributed by atoms with Crippen LogP contribution in [0.25, 0.3) is 0 Å². The molecule has 1 heterocycles. The van der Waals surface area contributed by atoms with Crippen molar-refractivity contribution in [1.29, 1.82) is 0 Å². The van der Waals surface area contributed by atoms with Gasteiger partial charge < -0.3 is 0 Å². The third-order valence-electron chi connectivity index (χ3n) is 2.74. The molecule has 1 aromatic heterocycles. The molecule has 0 bridgehead atoms. The Morgan fingerprint density at radius 1 is 1.11 bits per heavy atom. The second-order valence-electron chi connectivity index (χ2n) is 4.08. The van der Waals surface area contributed by atoms with E-state index in [0.29, 0.717) is 10.0 Å².